The second-order valence-electron chi connectivity index (χ2n) is 4.37. The van der Waals surface area contributed by atoms with Gasteiger partial charge in [0.05, 0.1) is 25.8 Å². The first-order valence-electron chi connectivity index (χ1n) is 6.06. The lowest BCUT2D eigenvalue weighted by atomic mass is 10.1. The van der Waals surface area contributed by atoms with E-state index >= 15 is 0 Å². The first-order chi connectivity index (χ1) is 9.52. The first kappa shape index (κ1) is 14.3. The molecule has 1 aromatic carbocycles. The van der Waals surface area contributed by atoms with E-state index in [0.29, 0.717) is 5.69 Å². The molecule has 1 saturated heterocycles. The van der Waals surface area contributed by atoms with Gasteiger partial charge in [-0.15, -0.1) is 0 Å². The molecule has 2 N–H and O–H groups in total. The van der Waals surface area contributed by atoms with Crippen LogP contribution in [0.15, 0.2) is 18.2 Å². The maximum atomic E-state index is 13.7. The Bertz CT molecular complexity index is 535. The van der Waals surface area contributed by atoms with Crippen molar-refractivity contribution >= 4 is 17.6 Å². The van der Waals surface area contributed by atoms with Crippen molar-refractivity contribution in [2.75, 3.05) is 32.5 Å². The minimum absolute atomic E-state index is 0.0275. The number of esters is 1. The van der Waals surface area contributed by atoms with Crippen molar-refractivity contribution in [2.24, 2.45) is 0 Å². The lowest BCUT2D eigenvalue weighted by Gasteiger charge is -2.31. The average molecular weight is 282 g/mol. The minimum atomic E-state index is -0.846. The summed E-state index contributed by atoms with van der Waals surface area (Å²) in [7, 11) is 1.24. The van der Waals surface area contributed by atoms with E-state index in [0.717, 1.165) is 6.07 Å². The Morgan fingerprint density at radius 3 is 2.95 bits per heavy atom. The molecule has 1 fully saturated rings. The summed E-state index contributed by atoms with van der Waals surface area (Å²) in [5.74, 6) is -1.73. The fraction of sp³-hybridized carbons (Fsp3) is 0.385. The fourth-order valence-corrected chi connectivity index (χ4v) is 1.98. The molecule has 0 bridgehead atoms. The summed E-state index contributed by atoms with van der Waals surface area (Å²) in [4.78, 5) is 25.0. The Morgan fingerprint density at radius 2 is 2.25 bits per heavy atom. The number of nitrogens with zero attached hydrogens (tertiary/aromatic N) is 1. The molecule has 108 valence electrons. The molecule has 1 aromatic rings. The Labute approximate surface area is 115 Å². The van der Waals surface area contributed by atoms with Gasteiger partial charge in [0.2, 0.25) is 0 Å². The van der Waals surface area contributed by atoms with Crippen LogP contribution in [-0.2, 0) is 14.3 Å². The highest BCUT2D eigenvalue weighted by atomic mass is 19.1. The molecule has 0 radical (unpaired) electrons. The quantitative estimate of drug-likeness (QED) is 0.628. The molecule has 6 nitrogen and oxygen atoms in total. The predicted octanol–water partition coefficient (Wildman–Crippen LogP) is 0.422. The molecule has 0 spiro atoms. The van der Waals surface area contributed by atoms with E-state index in [9.17, 15) is 14.0 Å². The van der Waals surface area contributed by atoms with E-state index in [-0.39, 0.29) is 25.3 Å². The molecule has 20 heavy (non-hydrogen) atoms. The summed E-state index contributed by atoms with van der Waals surface area (Å²) in [5, 5.41) is 0. The SMILES string of the molecule is COC(=O)C1CN(C(=O)c2cc(N)ccc2F)CCO1. The summed E-state index contributed by atoms with van der Waals surface area (Å²) in [5.41, 5.74) is 5.74. The van der Waals surface area contributed by atoms with Crippen LogP contribution in [0.4, 0.5) is 10.1 Å². The summed E-state index contributed by atoms with van der Waals surface area (Å²) in [6.45, 7) is 0.496. The number of ether oxygens (including phenoxy) is 2. The molecular formula is C13H15FN2O4. The number of hydrogen-bond donors (Lipinski definition) is 1. The maximum absolute atomic E-state index is 13.7. The van der Waals surface area contributed by atoms with Crippen LogP contribution in [0.2, 0.25) is 0 Å². The molecule has 1 atom stereocenters. The minimum Gasteiger partial charge on any atom is -0.467 e. The largest absolute Gasteiger partial charge is 0.467 e. The van der Waals surface area contributed by atoms with E-state index in [1.807, 2.05) is 0 Å². The van der Waals surface area contributed by atoms with Crippen molar-refractivity contribution in [3.63, 3.8) is 0 Å². The van der Waals surface area contributed by atoms with Crippen molar-refractivity contribution in [2.45, 2.75) is 6.10 Å². The number of hydrogen-bond acceptors (Lipinski definition) is 5. The Balaban J connectivity index is 2.16. The number of anilines is 1. The molecule has 1 aliphatic heterocycles. The van der Waals surface area contributed by atoms with Crippen LogP contribution < -0.4 is 5.73 Å². The molecule has 0 saturated carbocycles. The molecule has 1 aliphatic rings. The van der Waals surface area contributed by atoms with Crippen molar-refractivity contribution in [3.05, 3.63) is 29.6 Å². The summed E-state index contributed by atoms with van der Waals surface area (Å²) in [6, 6.07) is 3.80. The Hall–Kier alpha value is -2.15. The highest BCUT2D eigenvalue weighted by Gasteiger charge is 2.31. The van der Waals surface area contributed by atoms with Crippen LogP contribution in [-0.4, -0.2) is 49.7 Å². The normalized spacial score (nSPS) is 18.7. The van der Waals surface area contributed by atoms with Gasteiger partial charge < -0.3 is 20.1 Å². The number of carbonyl (C=O) groups excluding carboxylic acids is 2. The van der Waals surface area contributed by atoms with Crippen LogP contribution >= 0.6 is 0 Å². The van der Waals surface area contributed by atoms with E-state index in [1.165, 1.54) is 24.1 Å². The second kappa shape index (κ2) is 5.87. The number of nitrogen functional groups attached to an aromatic ring is 1. The molecule has 7 heteroatoms. The van der Waals surface area contributed by atoms with E-state index in [2.05, 4.69) is 4.74 Å². The predicted molar refractivity (Wildman–Crippen MR) is 68.5 cm³/mol. The zero-order chi connectivity index (χ0) is 14.7. The van der Waals surface area contributed by atoms with Gasteiger partial charge in [-0.05, 0) is 18.2 Å². The average Bonchev–Trinajstić information content (AvgIpc) is 2.48. The standard InChI is InChI=1S/C13H15FN2O4/c1-19-13(18)11-7-16(4-5-20-11)12(17)9-6-8(15)2-3-10(9)14/h2-3,6,11H,4-5,7,15H2,1H3. The third-order valence-electron chi connectivity index (χ3n) is 3.04. The van der Waals surface area contributed by atoms with Crippen molar-refractivity contribution in [1.82, 2.24) is 4.90 Å². The number of halogens is 1. The van der Waals surface area contributed by atoms with Gasteiger partial charge in [-0.1, -0.05) is 0 Å². The highest BCUT2D eigenvalue weighted by Crippen LogP contribution is 2.17. The van der Waals surface area contributed by atoms with Gasteiger partial charge in [0.25, 0.3) is 5.91 Å². The number of rotatable bonds is 2. The monoisotopic (exact) mass is 282 g/mol. The molecular weight excluding hydrogens is 267 g/mol. The van der Waals surface area contributed by atoms with Crippen molar-refractivity contribution in [3.8, 4) is 0 Å². The number of amides is 1. The summed E-state index contributed by atoms with van der Waals surface area (Å²) < 4.78 is 23.5. The maximum Gasteiger partial charge on any atom is 0.336 e. The third-order valence-corrected chi connectivity index (χ3v) is 3.04. The van der Waals surface area contributed by atoms with Crippen LogP contribution in [0.5, 0.6) is 0 Å². The molecule has 0 aromatic heterocycles. The van der Waals surface area contributed by atoms with Gasteiger partial charge >= 0.3 is 5.97 Å². The highest BCUT2D eigenvalue weighted by molar-refractivity contribution is 5.95. The van der Waals surface area contributed by atoms with Crippen molar-refractivity contribution in [1.29, 1.82) is 0 Å². The van der Waals surface area contributed by atoms with Crippen LogP contribution in [0.1, 0.15) is 10.4 Å². The van der Waals surface area contributed by atoms with Gasteiger partial charge in [-0.3, -0.25) is 4.79 Å². The summed E-state index contributed by atoms with van der Waals surface area (Å²) >= 11 is 0. The van der Waals surface area contributed by atoms with E-state index < -0.39 is 23.8 Å². The number of morpholine rings is 1. The lowest BCUT2D eigenvalue weighted by molar-refractivity contribution is -0.158. The van der Waals surface area contributed by atoms with Gasteiger partial charge in [-0.25, -0.2) is 9.18 Å². The second-order valence-corrected chi connectivity index (χ2v) is 4.37. The Morgan fingerprint density at radius 1 is 1.50 bits per heavy atom. The topological polar surface area (TPSA) is 81.9 Å². The number of benzene rings is 1. The number of carbonyl (C=O) groups is 2. The molecule has 1 unspecified atom stereocenters. The van der Waals surface area contributed by atoms with E-state index in [1.54, 1.807) is 0 Å². The molecule has 1 heterocycles. The molecule has 2 rings (SSSR count). The third kappa shape index (κ3) is 2.88. The van der Waals surface area contributed by atoms with Gasteiger partial charge in [0, 0.05) is 12.2 Å². The number of nitrogens with two attached hydrogens (primary N) is 1. The zero-order valence-corrected chi connectivity index (χ0v) is 11.0. The van der Waals surface area contributed by atoms with Crippen molar-refractivity contribution < 1.29 is 23.5 Å². The summed E-state index contributed by atoms with van der Waals surface area (Å²) in [6.07, 6.45) is -0.846. The number of methoxy groups -OCH3 is 1. The van der Waals surface area contributed by atoms with E-state index in [4.69, 9.17) is 10.5 Å². The van der Waals surface area contributed by atoms with Gasteiger partial charge in [0.1, 0.15) is 5.82 Å². The lowest BCUT2D eigenvalue weighted by Crippen LogP contribution is -2.49. The smallest absolute Gasteiger partial charge is 0.336 e. The fourth-order valence-electron chi connectivity index (χ4n) is 1.98. The first-order valence-corrected chi connectivity index (χ1v) is 6.06. The van der Waals surface area contributed by atoms with Gasteiger partial charge in [-0.2, -0.15) is 0 Å². The van der Waals surface area contributed by atoms with Crippen LogP contribution in [0.3, 0.4) is 0 Å². The van der Waals surface area contributed by atoms with Gasteiger partial charge in [0.15, 0.2) is 6.10 Å². The zero-order valence-electron chi connectivity index (χ0n) is 11.0. The molecule has 0 aliphatic carbocycles. The van der Waals surface area contributed by atoms with Crippen LogP contribution in [0.25, 0.3) is 0 Å². The molecule has 1 amide bonds. The van der Waals surface area contributed by atoms with Crippen LogP contribution in [0, 0.1) is 5.82 Å². The Kier molecular flexibility index (Phi) is 4.19.